The van der Waals surface area contributed by atoms with Crippen molar-refractivity contribution in [3.8, 4) is 0 Å². The molecule has 0 fully saturated rings. The Morgan fingerprint density at radius 2 is 0.742 bits per heavy atom. The average Bonchev–Trinajstić information content (AvgIpc) is 2.81. The molecule has 4 rings (SSSR count). The van der Waals surface area contributed by atoms with Gasteiger partial charge in [-0.2, -0.15) is 0 Å². The molecular formula is C25H22BF4P. The molecule has 0 heterocycles. The fraction of sp³-hybridized carbons (Fsp3) is 0.0400. The van der Waals surface area contributed by atoms with Gasteiger partial charge in [-0.25, -0.2) is 0 Å². The van der Waals surface area contributed by atoms with Gasteiger partial charge in [0.15, 0.2) is 0 Å². The van der Waals surface area contributed by atoms with Crippen molar-refractivity contribution in [1.82, 2.24) is 0 Å². The molecule has 0 radical (unpaired) electrons. The van der Waals surface area contributed by atoms with Gasteiger partial charge in [0, 0.05) is 0 Å². The minimum atomic E-state index is -4.18. The van der Waals surface area contributed by atoms with Gasteiger partial charge >= 0.3 is 168 Å². The maximum absolute atomic E-state index is 18.2. The Labute approximate surface area is 180 Å². The summed E-state index contributed by atoms with van der Waals surface area (Å²) in [5.74, 6) is 0. The van der Waals surface area contributed by atoms with Gasteiger partial charge in [0.1, 0.15) is 0 Å². The van der Waals surface area contributed by atoms with E-state index < -0.39 is 14.5 Å². The molecule has 0 aromatic heterocycles. The number of benzene rings is 4. The van der Waals surface area contributed by atoms with Crippen LogP contribution in [0.4, 0.5) is 17.1 Å². The zero-order valence-electron chi connectivity index (χ0n) is 16.8. The van der Waals surface area contributed by atoms with E-state index in [2.05, 4.69) is 0 Å². The summed E-state index contributed by atoms with van der Waals surface area (Å²) >= 11 is 0. The fourth-order valence-corrected chi connectivity index (χ4v) is 8.58. The predicted octanol–water partition coefficient (Wildman–Crippen LogP) is 6.48. The van der Waals surface area contributed by atoms with Crippen LogP contribution < -0.4 is 15.9 Å². The Morgan fingerprint density at radius 3 is 1.03 bits per heavy atom. The quantitative estimate of drug-likeness (QED) is 0.189. The van der Waals surface area contributed by atoms with E-state index in [0.717, 1.165) is 21.5 Å². The number of rotatable bonds is 5. The molecule has 0 bridgehead atoms. The maximum atomic E-state index is 18.2. The normalized spacial score (nSPS) is 12.1. The number of hydrogen-bond acceptors (Lipinski definition) is 0. The van der Waals surface area contributed by atoms with Gasteiger partial charge < -0.3 is 0 Å². The van der Waals surface area contributed by atoms with Gasteiger partial charge in [-0.3, -0.25) is 12.9 Å². The molecule has 4 aromatic carbocycles. The fourth-order valence-electron chi connectivity index (χ4n) is 3.86. The SMILES string of the molecule is FB(F)F.FP(Cc1ccccc1)(c1ccccc1)(c1ccccc1)c1ccccc1. The van der Waals surface area contributed by atoms with Gasteiger partial charge in [0.05, 0.1) is 0 Å². The van der Waals surface area contributed by atoms with Crippen molar-refractivity contribution in [2.45, 2.75) is 6.16 Å². The third kappa shape index (κ3) is 4.89. The van der Waals surface area contributed by atoms with Crippen molar-refractivity contribution in [2.75, 3.05) is 0 Å². The van der Waals surface area contributed by atoms with Crippen LogP contribution >= 0.6 is 6.91 Å². The zero-order valence-corrected chi connectivity index (χ0v) is 17.7. The average molecular weight is 440 g/mol. The third-order valence-electron chi connectivity index (χ3n) is 5.21. The van der Waals surface area contributed by atoms with E-state index in [9.17, 15) is 12.9 Å². The molecule has 0 nitrogen and oxygen atoms in total. The molecule has 0 aliphatic rings. The molecule has 0 amide bonds. The van der Waals surface area contributed by atoms with Crippen LogP contribution in [0.2, 0.25) is 0 Å². The van der Waals surface area contributed by atoms with Crippen LogP contribution in [0.3, 0.4) is 0 Å². The van der Waals surface area contributed by atoms with E-state index in [-0.39, 0.29) is 0 Å². The van der Waals surface area contributed by atoms with Crippen molar-refractivity contribution in [3.05, 3.63) is 127 Å². The summed E-state index contributed by atoms with van der Waals surface area (Å²) in [5.41, 5.74) is 1.01. The molecule has 0 aliphatic heterocycles. The van der Waals surface area contributed by atoms with Crippen LogP contribution in [0.5, 0.6) is 0 Å². The molecule has 158 valence electrons. The van der Waals surface area contributed by atoms with Gasteiger partial charge in [-0.15, -0.1) is 0 Å². The Bertz CT molecular complexity index is 960. The van der Waals surface area contributed by atoms with Crippen molar-refractivity contribution < 1.29 is 17.1 Å². The number of hydrogen-bond donors (Lipinski definition) is 0. The first-order chi connectivity index (χ1) is 14.9. The second kappa shape index (κ2) is 9.93. The second-order valence-corrected chi connectivity index (χ2v) is 11.3. The van der Waals surface area contributed by atoms with Crippen LogP contribution in [-0.4, -0.2) is 7.54 Å². The first-order valence-electron chi connectivity index (χ1n) is 9.81. The van der Waals surface area contributed by atoms with E-state index in [1.807, 2.05) is 121 Å². The zero-order chi connectivity index (χ0) is 22.2. The third-order valence-corrected chi connectivity index (χ3v) is 10.3. The molecule has 0 saturated carbocycles. The summed E-state index contributed by atoms with van der Waals surface area (Å²) < 4.78 is 47.2. The van der Waals surface area contributed by atoms with Gasteiger partial charge in [0.25, 0.3) is 0 Å². The molecule has 0 N–H and O–H groups in total. The van der Waals surface area contributed by atoms with Crippen molar-refractivity contribution in [2.24, 2.45) is 0 Å². The van der Waals surface area contributed by atoms with Gasteiger partial charge in [-0.05, 0) is 0 Å². The minimum absolute atomic E-state index is 0.352. The van der Waals surface area contributed by atoms with E-state index in [4.69, 9.17) is 0 Å². The molecule has 4 aromatic rings. The van der Waals surface area contributed by atoms with Crippen LogP contribution in [-0.2, 0) is 6.16 Å². The Kier molecular flexibility index (Phi) is 7.30. The Hall–Kier alpha value is -2.91. The molecule has 0 spiro atoms. The summed E-state index contributed by atoms with van der Waals surface area (Å²) in [6, 6.07) is 39.1. The summed E-state index contributed by atoms with van der Waals surface area (Å²) in [5, 5.41) is 2.30. The molecule has 0 aliphatic carbocycles. The summed E-state index contributed by atoms with van der Waals surface area (Å²) in [7, 11) is -3.67. The molecular weight excluding hydrogens is 418 g/mol. The summed E-state index contributed by atoms with van der Waals surface area (Å²) in [6.45, 7) is -4.18. The number of halogens is 4. The molecule has 0 saturated heterocycles. The topological polar surface area (TPSA) is 0 Å². The van der Waals surface area contributed by atoms with E-state index in [0.29, 0.717) is 6.16 Å². The van der Waals surface area contributed by atoms with Crippen LogP contribution in [0.25, 0.3) is 0 Å². The van der Waals surface area contributed by atoms with Crippen molar-refractivity contribution in [1.29, 1.82) is 0 Å². The Morgan fingerprint density at radius 1 is 0.484 bits per heavy atom. The van der Waals surface area contributed by atoms with Crippen LogP contribution in [0.1, 0.15) is 5.56 Å². The van der Waals surface area contributed by atoms with Crippen LogP contribution in [0.15, 0.2) is 121 Å². The van der Waals surface area contributed by atoms with E-state index >= 15 is 4.20 Å². The molecule has 0 unspecified atom stereocenters. The summed E-state index contributed by atoms with van der Waals surface area (Å²) in [6.07, 6.45) is 0.352. The van der Waals surface area contributed by atoms with Gasteiger partial charge in [0.2, 0.25) is 0 Å². The monoisotopic (exact) mass is 440 g/mol. The standard InChI is InChI=1S/C25H22FP.BF3/c26-27(23-15-7-2-8-16-23,24-17-9-3-10-18-24,25-19-11-4-12-20-25)21-22-13-5-1-6-14-22;2-1(3)4/h1-20H,21H2;. The first kappa shape index (κ1) is 22.8. The van der Waals surface area contributed by atoms with Crippen molar-refractivity contribution >= 4 is 30.4 Å². The molecule has 0 atom stereocenters. The Balaban J connectivity index is 0.000000628. The van der Waals surface area contributed by atoms with Crippen LogP contribution in [0, 0.1) is 0 Å². The van der Waals surface area contributed by atoms with E-state index in [1.165, 1.54) is 0 Å². The first-order valence-corrected chi connectivity index (χ1v) is 12.1. The predicted molar refractivity (Wildman–Crippen MR) is 125 cm³/mol. The molecule has 6 heteroatoms. The van der Waals surface area contributed by atoms with Crippen molar-refractivity contribution in [3.63, 3.8) is 0 Å². The summed E-state index contributed by atoms with van der Waals surface area (Å²) in [4.78, 5) is 0. The molecule has 31 heavy (non-hydrogen) atoms. The van der Waals surface area contributed by atoms with E-state index in [1.54, 1.807) is 0 Å². The second-order valence-electron chi connectivity index (χ2n) is 7.08. The van der Waals surface area contributed by atoms with Gasteiger partial charge in [-0.1, -0.05) is 0 Å².